The first-order valence-corrected chi connectivity index (χ1v) is 15.2. The molecule has 5 rings (SSSR count). The smallest absolute Gasteiger partial charge is 0.227 e. The molecule has 2 saturated heterocycles. The number of hydrogen-bond acceptors (Lipinski definition) is 4. The van der Waals surface area contributed by atoms with Gasteiger partial charge in [0.05, 0.1) is 5.92 Å². The van der Waals surface area contributed by atoms with Gasteiger partial charge in [0.25, 0.3) is 0 Å². The maximum atomic E-state index is 12.9. The Hall–Kier alpha value is -1.78. The van der Waals surface area contributed by atoms with Crippen LogP contribution in [0.1, 0.15) is 57.9 Å². The number of carbonyl (C=O) groups excluding carboxylic acids is 1. The summed E-state index contributed by atoms with van der Waals surface area (Å²) in [5.41, 5.74) is 7.72. The molecule has 2 aromatic rings. The van der Waals surface area contributed by atoms with Crippen LogP contribution in [0.25, 0.3) is 0 Å². The molecule has 3 aliphatic rings. The highest BCUT2D eigenvalue weighted by molar-refractivity contribution is 7.27. The lowest BCUT2D eigenvalue weighted by Gasteiger charge is -2.49. The number of amides is 1. The first-order valence-electron chi connectivity index (χ1n) is 14.6. The van der Waals surface area contributed by atoms with E-state index in [2.05, 4.69) is 56.8 Å². The van der Waals surface area contributed by atoms with Crippen molar-refractivity contribution in [2.75, 3.05) is 45.8 Å². The molecule has 2 aliphatic heterocycles. The van der Waals surface area contributed by atoms with E-state index in [0.717, 1.165) is 52.2 Å². The molecule has 2 aromatic carbocycles. The molecule has 38 heavy (non-hydrogen) atoms. The Bertz CT molecular complexity index is 887. The molecule has 1 aliphatic carbocycles. The van der Waals surface area contributed by atoms with Gasteiger partial charge < -0.3 is 15.5 Å². The summed E-state index contributed by atoms with van der Waals surface area (Å²) in [5.74, 6) is 0.611. The second kappa shape index (κ2) is 15.7. The van der Waals surface area contributed by atoms with E-state index in [9.17, 15) is 4.79 Å². The highest BCUT2D eigenvalue weighted by Gasteiger charge is 2.40. The van der Waals surface area contributed by atoms with Crippen LogP contribution in [0.5, 0.6) is 0 Å². The fourth-order valence-electron chi connectivity index (χ4n) is 5.96. The van der Waals surface area contributed by atoms with Gasteiger partial charge in [-0.15, -0.1) is 9.24 Å². The number of hydrogen-bond donors (Lipinski definition) is 1. The molecule has 0 aromatic heterocycles. The zero-order valence-electron chi connectivity index (χ0n) is 24.0. The Balaban J connectivity index is 0.000000231. The van der Waals surface area contributed by atoms with Crippen LogP contribution in [0.4, 0.5) is 0 Å². The van der Waals surface area contributed by atoms with Gasteiger partial charge in [0.1, 0.15) is 0 Å². The van der Waals surface area contributed by atoms with Crippen LogP contribution in [0, 0.1) is 12.8 Å². The summed E-state index contributed by atoms with van der Waals surface area (Å²) in [4.78, 5) is 20.0. The molecular weight excluding hydrogens is 487 g/mol. The quantitative estimate of drug-likeness (QED) is 0.574. The molecule has 2 N–H and O–H groups in total. The lowest BCUT2D eigenvalue weighted by molar-refractivity contribution is -0.138. The van der Waals surface area contributed by atoms with Crippen molar-refractivity contribution in [3.63, 3.8) is 0 Å². The van der Waals surface area contributed by atoms with Gasteiger partial charge in [0, 0.05) is 50.8 Å². The van der Waals surface area contributed by atoms with Crippen LogP contribution in [-0.2, 0) is 4.79 Å². The monoisotopic (exact) mass is 538 g/mol. The van der Waals surface area contributed by atoms with Gasteiger partial charge >= 0.3 is 0 Å². The van der Waals surface area contributed by atoms with Crippen molar-refractivity contribution in [3.8, 4) is 0 Å². The lowest BCUT2D eigenvalue weighted by atomic mass is 9.80. The first-order chi connectivity index (χ1) is 18.3. The summed E-state index contributed by atoms with van der Waals surface area (Å²) in [6.07, 6.45) is 7.48. The van der Waals surface area contributed by atoms with Crippen molar-refractivity contribution in [1.82, 2.24) is 14.7 Å². The number of benzene rings is 2. The Morgan fingerprint density at radius 3 is 1.92 bits per heavy atom. The van der Waals surface area contributed by atoms with Crippen LogP contribution in [-0.4, -0.2) is 78.0 Å². The molecule has 0 radical (unpaired) electrons. The minimum Gasteiger partial charge on any atom is -0.340 e. The van der Waals surface area contributed by atoms with Crippen molar-refractivity contribution in [2.45, 2.75) is 70.9 Å². The van der Waals surface area contributed by atoms with Gasteiger partial charge in [0.15, 0.2) is 0 Å². The highest BCUT2D eigenvalue weighted by atomic mass is 31.0. The van der Waals surface area contributed by atoms with Gasteiger partial charge in [-0.2, -0.15) is 0 Å². The number of piperazine rings is 1. The van der Waals surface area contributed by atoms with Crippen molar-refractivity contribution in [3.05, 3.63) is 66.2 Å². The van der Waals surface area contributed by atoms with Crippen LogP contribution >= 0.6 is 9.24 Å². The molecule has 210 valence electrons. The van der Waals surface area contributed by atoms with E-state index < -0.39 is 0 Å². The maximum Gasteiger partial charge on any atom is 0.227 e. The van der Waals surface area contributed by atoms with Gasteiger partial charge in [0.2, 0.25) is 5.91 Å². The zero-order valence-corrected chi connectivity index (χ0v) is 25.2. The van der Waals surface area contributed by atoms with Crippen molar-refractivity contribution >= 4 is 20.5 Å². The summed E-state index contributed by atoms with van der Waals surface area (Å²) >= 11 is 0. The van der Waals surface area contributed by atoms with Crippen LogP contribution < -0.4 is 11.0 Å². The van der Waals surface area contributed by atoms with Crippen LogP contribution in [0.3, 0.4) is 0 Å². The third kappa shape index (κ3) is 9.16. The fourth-order valence-corrected chi connectivity index (χ4v) is 6.19. The van der Waals surface area contributed by atoms with Gasteiger partial charge in [-0.25, -0.2) is 0 Å². The zero-order chi connectivity index (χ0) is 27.4. The topological polar surface area (TPSA) is 52.8 Å². The second-order valence-corrected chi connectivity index (χ2v) is 12.1. The van der Waals surface area contributed by atoms with E-state index in [-0.39, 0.29) is 11.5 Å². The summed E-state index contributed by atoms with van der Waals surface area (Å²) < 4.78 is 0. The number of carbonyl (C=O) groups is 1. The van der Waals surface area contributed by atoms with E-state index in [4.69, 9.17) is 5.73 Å². The molecule has 3 fully saturated rings. The van der Waals surface area contributed by atoms with Crippen molar-refractivity contribution in [2.24, 2.45) is 11.7 Å². The Kier molecular flexibility index (Phi) is 12.7. The largest absolute Gasteiger partial charge is 0.340 e. The van der Waals surface area contributed by atoms with Crippen LogP contribution in [0.15, 0.2) is 60.7 Å². The SMILES string of the molecule is CC(C)N1CCC(C(=O)N2CCN(C3(CN)CCCCC3)CC2)C1.Cc1ccccc1.Pc1ccccc1. The lowest BCUT2D eigenvalue weighted by Crippen LogP contribution is -2.61. The molecule has 2 heterocycles. The van der Waals surface area contributed by atoms with E-state index in [1.807, 2.05) is 48.5 Å². The standard InChI is InChI=1S/C19H36N4O.C7H8.C6H7P/c1-16(2)22-9-6-17(14-22)18(24)21-10-12-23(13-11-21)19(15-20)7-4-3-5-8-19;1-7-5-3-2-4-6-7;7-6-4-2-1-3-5-6/h16-17H,3-15,20H2,1-2H3;2-6H,1H3;1-5H,7H2. The number of nitrogens with zero attached hydrogens (tertiary/aromatic N) is 3. The minimum absolute atomic E-state index is 0.217. The molecule has 2 atom stereocenters. The predicted molar refractivity (Wildman–Crippen MR) is 165 cm³/mol. The van der Waals surface area contributed by atoms with E-state index >= 15 is 0 Å². The molecule has 6 heteroatoms. The van der Waals surface area contributed by atoms with E-state index in [1.54, 1.807) is 0 Å². The number of rotatable bonds is 4. The minimum atomic E-state index is 0.217. The number of aryl methyl sites for hydroxylation is 1. The summed E-state index contributed by atoms with van der Waals surface area (Å²) in [5, 5.41) is 1.24. The fraction of sp³-hybridized carbons (Fsp3) is 0.594. The average Bonchev–Trinajstić information content (AvgIpc) is 3.46. The number of likely N-dealkylation sites (tertiary alicyclic amines) is 1. The summed E-state index contributed by atoms with van der Waals surface area (Å²) in [6.45, 7) is 13.1. The number of nitrogens with two attached hydrogens (primary N) is 1. The third-order valence-electron chi connectivity index (χ3n) is 8.47. The highest BCUT2D eigenvalue weighted by Crippen LogP contribution is 2.34. The van der Waals surface area contributed by atoms with E-state index in [1.165, 1.54) is 43.0 Å². The van der Waals surface area contributed by atoms with Crippen molar-refractivity contribution < 1.29 is 4.79 Å². The molecule has 2 unspecified atom stereocenters. The molecule has 0 spiro atoms. The van der Waals surface area contributed by atoms with Crippen LogP contribution in [0.2, 0.25) is 0 Å². The molecule has 5 nitrogen and oxygen atoms in total. The Labute approximate surface area is 234 Å². The van der Waals surface area contributed by atoms with E-state index in [0.29, 0.717) is 11.9 Å². The van der Waals surface area contributed by atoms with Gasteiger partial charge in [-0.1, -0.05) is 85.5 Å². The molecule has 1 saturated carbocycles. The van der Waals surface area contributed by atoms with Gasteiger partial charge in [-0.3, -0.25) is 9.69 Å². The molecule has 0 bridgehead atoms. The molecule has 1 amide bonds. The second-order valence-electron chi connectivity index (χ2n) is 11.4. The third-order valence-corrected chi connectivity index (χ3v) is 8.85. The predicted octanol–water partition coefficient (Wildman–Crippen LogP) is 4.70. The van der Waals surface area contributed by atoms with Gasteiger partial charge in [-0.05, 0) is 51.9 Å². The Morgan fingerprint density at radius 1 is 0.921 bits per heavy atom. The molecular formula is C32H51N4OP. The van der Waals surface area contributed by atoms with Crippen molar-refractivity contribution in [1.29, 1.82) is 0 Å². The first kappa shape index (κ1) is 30.8. The summed E-state index contributed by atoms with van der Waals surface area (Å²) in [6, 6.07) is 20.9. The average molecular weight is 539 g/mol. The maximum absolute atomic E-state index is 12.9. The summed E-state index contributed by atoms with van der Waals surface area (Å²) in [7, 11) is 2.63. The normalized spacial score (nSPS) is 21.7. The Morgan fingerprint density at radius 2 is 1.50 bits per heavy atom.